The van der Waals surface area contributed by atoms with Crippen molar-refractivity contribution in [1.82, 2.24) is 20.7 Å². The Kier molecular flexibility index (Phi) is 4.23. The van der Waals surface area contributed by atoms with E-state index in [-0.39, 0.29) is 5.82 Å². The molecule has 0 spiro atoms. The van der Waals surface area contributed by atoms with Crippen LogP contribution >= 0.6 is 0 Å². The van der Waals surface area contributed by atoms with Gasteiger partial charge in [0.2, 0.25) is 5.82 Å². The number of aryl methyl sites for hydroxylation is 1. The maximum absolute atomic E-state index is 11.4. The summed E-state index contributed by atoms with van der Waals surface area (Å²) >= 11 is 0. The number of rotatable bonds is 5. The number of hydrogen-bond donors (Lipinski definition) is 2. The summed E-state index contributed by atoms with van der Waals surface area (Å²) in [4.78, 5) is 20.3. The van der Waals surface area contributed by atoms with Crippen LogP contribution in [0.3, 0.4) is 0 Å². The smallest absolute Gasteiger partial charge is 0.273 e. The molecule has 0 aliphatic heterocycles. The van der Waals surface area contributed by atoms with Gasteiger partial charge in [-0.3, -0.25) is 14.7 Å². The Morgan fingerprint density at radius 1 is 1.60 bits per heavy atom. The molecule has 84 valence electrons. The number of carbonyl (C=O) groups is 1. The number of amides is 1. The van der Waals surface area contributed by atoms with Gasteiger partial charge in [-0.15, -0.1) is 5.10 Å². The molecule has 1 rings (SSSR count). The summed E-state index contributed by atoms with van der Waals surface area (Å²) in [5.74, 6) is 0.731. The van der Waals surface area contributed by atoms with E-state index in [1.54, 1.807) is 0 Å². The van der Waals surface area contributed by atoms with Crippen LogP contribution < -0.4 is 5.48 Å². The van der Waals surface area contributed by atoms with Crippen molar-refractivity contribution in [2.24, 2.45) is 5.92 Å². The van der Waals surface area contributed by atoms with Gasteiger partial charge in [0.1, 0.15) is 5.82 Å². The molecule has 0 aliphatic rings. The molecule has 15 heavy (non-hydrogen) atoms. The normalized spacial score (nSPS) is 10.7. The highest BCUT2D eigenvalue weighted by atomic mass is 16.7. The van der Waals surface area contributed by atoms with Crippen LogP contribution in [0, 0.1) is 5.92 Å². The monoisotopic (exact) mass is 212 g/mol. The third kappa shape index (κ3) is 3.67. The minimum Gasteiger partial charge on any atom is -0.273 e. The van der Waals surface area contributed by atoms with Crippen LogP contribution in [-0.2, 0) is 11.3 Å². The van der Waals surface area contributed by atoms with E-state index in [4.69, 9.17) is 4.84 Å². The number of nitrogens with zero attached hydrogens (tertiary/aromatic N) is 2. The molecular weight excluding hydrogens is 196 g/mol. The van der Waals surface area contributed by atoms with E-state index in [0.29, 0.717) is 24.8 Å². The van der Waals surface area contributed by atoms with Gasteiger partial charge in [0.25, 0.3) is 0 Å². The minimum absolute atomic E-state index is 0.107. The minimum atomic E-state index is -0.424. The van der Waals surface area contributed by atoms with E-state index in [9.17, 15) is 4.79 Å². The van der Waals surface area contributed by atoms with Gasteiger partial charge in [0, 0.05) is 6.42 Å². The molecule has 0 atom stereocenters. The molecule has 6 nitrogen and oxygen atoms in total. The molecule has 1 aromatic heterocycles. The lowest BCUT2D eigenvalue weighted by atomic mass is 10.2. The molecule has 0 saturated heterocycles. The van der Waals surface area contributed by atoms with Gasteiger partial charge in [0.05, 0.1) is 6.61 Å². The highest BCUT2D eigenvalue weighted by molar-refractivity contribution is 5.89. The summed E-state index contributed by atoms with van der Waals surface area (Å²) in [6.45, 7) is 6.39. The molecule has 0 bridgehead atoms. The predicted molar refractivity (Wildman–Crippen MR) is 54.0 cm³/mol. The molecule has 1 amide bonds. The van der Waals surface area contributed by atoms with Crippen molar-refractivity contribution in [3.63, 3.8) is 0 Å². The molecule has 0 saturated carbocycles. The Labute approximate surface area is 88.4 Å². The first-order chi connectivity index (χ1) is 7.13. The van der Waals surface area contributed by atoms with Gasteiger partial charge in [-0.2, -0.15) is 0 Å². The van der Waals surface area contributed by atoms with Gasteiger partial charge in [-0.25, -0.2) is 10.5 Å². The number of aromatic amines is 1. The van der Waals surface area contributed by atoms with Crippen molar-refractivity contribution in [3.05, 3.63) is 11.6 Å². The van der Waals surface area contributed by atoms with Crippen molar-refractivity contribution in [3.8, 4) is 0 Å². The van der Waals surface area contributed by atoms with Crippen LogP contribution in [0.5, 0.6) is 0 Å². The molecule has 0 aliphatic carbocycles. The fourth-order valence-corrected chi connectivity index (χ4v) is 0.874. The van der Waals surface area contributed by atoms with Gasteiger partial charge >= 0.3 is 5.91 Å². The number of H-pyrrole nitrogens is 1. The number of aromatic nitrogens is 3. The summed E-state index contributed by atoms with van der Waals surface area (Å²) in [5, 5.41) is 6.41. The number of nitrogens with one attached hydrogen (secondary N) is 2. The van der Waals surface area contributed by atoms with Gasteiger partial charge < -0.3 is 0 Å². The fourth-order valence-electron chi connectivity index (χ4n) is 0.874. The van der Waals surface area contributed by atoms with E-state index in [2.05, 4.69) is 20.7 Å². The van der Waals surface area contributed by atoms with Crippen LogP contribution in [0.1, 0.15) is 37.2 Å². The second-order valence-corrected chi connectivity index (χ2v) is 3.60. The second-order valence-electron chi connectivity index (χ2n) is 3.60. The fraction of sp³-hybridized carbons (Fsp3) is 0.667. The van der Waals surface area contributed by atoms with Crippen molar-refractivity contribution >= 4 is 5.91 Å². The molecule has 0 radical (unpaired) electrons. The second kappa shape index (κ2) is 5.45. The van der Waals surface area contributed by atoms with Crippen LogP contribution in [0.25, 0.3) is 0 Å². The lowest BCUT2D eigenvalue weighted by Gasteiger charge is -2.05. The lowest BCUT2D eigenvalue weighted by Crippen LogP contribution is -2.26. The first-order valence-electron chi connectivity index (χ1n) is 4.96. The first kappa shape index (κ1) is 11.6. The van der Waals surface area contributed by atoms with Gasteiger partial charge in [0.15, 0.2) is 0 Å². The number of hydroxylamine groups is 1. The van der Waals surface area contributed by atoms with E-state index in [1.165, 1.54) is 0 Å². The van der Waals surface area contributed by atoms with Crippen LogP contribution in [-0.4, -0.2) is 27.7 Å². The van der Waals surface area contributed by atoms with E-state index >= 15 is 0 Å². The Morgan fingerprint density at radius 3 is 2.87 bits per heavy atom. The Hall–Kier alpha value is -1.43. The average molecular weight is 212 g/mol. The molecule has 2 N–H and O–H groups in total. The molecule has 0 unspecified atom stereocenters. The SMILES string of the molecule is CCc1nc(C(=O)NOCC(C)C)n[nH]1. The van der Waals surface area contributed by atoms with Crippen molar-refractivity contribution in [1.29, 1.82) is 0 Å². The maximum Gasteiger partial charge on any atom is 0.314 e. The summed E-state index contributed by atoms with van der Waals surface area (Å²) in [5.41, 5.74) is 2.28. The Morgan fingerprint density at radius 2 is 2.33 bits per heavy atom. The highest BCUT2D eigenvalue weighted by Crippen LogP contribution is 1.94. The molecule has 0 aromatic carbocycles. The van der Waals surface area contributed by atoms with E-state index in [0.717, 1.165) is 0 Å². The van der Waals surface area contributed by atoms with Crippen LogP contribution in [0.15, 0.2) is 0 Å². The topological polar surface area (TPSA) is 79.9 Å². The Bertz CT molecular complexity index is 322. The summed E-state index contributed by atoms with van der Waals surface area (Å²) in [7, 11) is 0. The Balaban J connectivity index is 2.40. The zero-order valence-electron chi connectivity index (χ0n) is 9.20. The quantitative estimate of drug-likeness (QED) is 0.703. The van der Waals surface area contributed by atoms with Gasteiger partial charge in [-0.05, 0) is 5.92 Å². The predicted octanol–water partition coefficient (Wildman–Crippen LogP) is 0.684. The summed E-state index contributed by atoms with van der Waals surface area (Å²) in [6.07, 6.45) is 0.715. The van der Waals surface area contributed by atoms with Crippen molar-refractivity contribution < 1.29 is 9.63 Å². The molecular formula is C9H16N4O2. The van der Waals surface area contributed by atoms with Crippen LogP contribution in [0.2, 0.25) is 0 Å². The van der Waals surface area contributed by atoms with Gasteiger partial charge in [-0.1, -0.05) is 20.8 Å². The summed E-state index contributed by atoms with van der Waals surface area (Å²) in [6, 6.07) is 0. The van der Waals surface area contributed by atoms with Crippen molar-refractivity contribution in [2.75, 3.05) is 6.61 Å². The maximum atomic E-state index is 11.4. The first-order valence-corrected chi connectivity index (χ1v) is 4.96. The van der Waals surface area contributed by atoms with E-state index in [1.807, 2.05) is 20.8 Å². The molecule has 6 heteroatoms. The molecule has 1 heterocycles. The number of carbonyl (C=O) groups excluding carboxylic acids is 1. The largest absolute Gasteiger partial charge is 0.314 e. The van der Waals surface area contributed by atoms with Crippen molar-refractivity contribution in [2.45, 2.75) is 27.2 Å². The number of hydrogen-bond acceptors (Lipinski definition) is 4. The standard InChI is InChI=1S/C9H16N4O2/c1-4-7-10-8(12-11-7)9(14)13-15-5-6(2)3/h6H,4-5H2,1-3H3,(H,13,14)(H,10,11,12). The van der Waals surface area contributed by atoms with E-state index < -0.39 is 5.91 Å². The third-order valence-corrected chi connectivity index (χ3v) is 1.65. The highest BCUT2D eigenvalue weighted by Gasteiger charge is 2.11. The van der Waals surface area contributed by atoms with Crippen LogP contribution in [0.4, 0.5) is 0 Å². The lowest BCUT2D eigenvalue weighted by molar-refractivity contribution is 0.0201. The zero-order chi connectivity index (χ0) is 11.3. The molecule has 0 fully saturated rings. The molecule has 1 aromatic rings. The summed E-state index contributed by atoms with van der Waals surface area (Å²) < 4.78 is 0. The third-order valence-electron chi connectivity index (χ3n) is 1.65. The zero-order valence-corrected chi connectivity index (χ0v) is 9.20. The average Bonchev–Trinajstić information content (AvgIpc) is 2.65.